The number of hydrogen-bond donors (Lipinski definition) is 2. The van der Waals surface area contributed by atoms with Crippen molar-refractivity contribution in [3.8, 4) is 0 Å². The Hall–Kier alpha value is -1.42. The van der Waals surface area contributed by atoms with Crippen LogP contribution in [0.25, 0.3) is 5.65 Å². The third-order valence-electron chi connectivity index (χ3n) is 5.36. The third-order valence-corrected chi connectivity index (χ3v) is 5.36. The normalized spacial score (nSPS) is 26.3. The summed E-state index contributed by atoms with van der Waals surface area (Å²) in [6.07, 6.45) is -0.00837. The van der Waals surface area contributed by atoms with E-state index in [1.54, 1.807) is 0 Å². The Morgan fingerprint density at radius 1 is 1.26 bits per heavy atom. The Kier molecular flexibility index (Phi) is 6.25. The number of nitrogens with zero attached hydrogens (tertiary/aromatic N) is 3. The maximum atomic E-state index is 13.0. The first-order valence-corrected chi connectivity index (χ1v) is 8.98. The number of halogens is 4. The summed E-state index contributed by atoms with van der Waals surface area (Å²) in [7, 11) is 0. The largest absolute Gasteiger partial charge is 0.417 e. The van der Waals surface area contributed by atoms with Gasteiger partial charge >= 0.3 is 6.18 Å². The molecule has 0 aromatic carbocycles. The quantitative estimate of drug-likeness (QED) is 0.818. The van der Waals surface area contributed by atoms with E-state index in [0.29, 0.717) is 42.6 Å². The molecule has 2 N–H and O–H groups in total. The second-order valence-electron chi connectivity index (χ2n) is 6.98. The van der Waals surface area contributed by atoms with E-state index in [1.165, 1.54) is 10.5 Å². The molecule has 0 amide bonds. The monoisotopic (exact) mass is 405 g/mol. The van der Waals surface area contributed by atoms with E-state index in [9.17, 15) is 13.2 Å². The van der Waals surface area contributed by atoms with Gasteiger partial charge in [0.05, 0.1) is 25.3 Å². The van der Waals surface area contributed by atoms with E-state index < -0.39 is 11.7 Å². The molecular weight excluding hydrogens is 383 g/mol. The topological polar surface area (TPSA) is 63.5 Å². The van der Waals surface area contributed by atoms with Gasteiger partial charge in [-0.05, 0) is 30.9 Å². The molecule has 3 heterocycles. The Morgan fingerprint density at radius 2 is 2.11 bits per heavy atom. The predicted octanol–water partition coefficient (Wildman–Crippen LogP) is 2.42. The van der Waals surface area contributed by atoms with Gasteiger partial charge in [-0.15, -0.1) is 22.6 Å². The van der Waals surface area contributed by atoms with Crippen molar-refractivity contribution in [3.05, 3.63) is 29.7 Å². The van der Waals surface area contributed by atoms with Crippen molar-refractivity contribution in [1.29, 1.82) is 0 Å². The first-order valence-electron chi connectivity index (χ1n) is 8.98. The predicted molar refractivity (Wildman–Crippen MR) is 95.8 cm³/mol. The lowest BCUT2D eigenvalue weighted by atomic mass is 9.94. The summed E-state index contributed by atoms with van der Waals surface area (Å²) < 4.78 is 45.9. The van der Waals surface area contributed by atoms with Crippen molar-refractivity contribution in [2.45, 2.75) is 44.1 Å². The number of hydrogen-bond acceptors (Lipinski definition) is 5. The van der Waals surface area contributed by atoms with Crippen molar-refractivity contribution in [2.24, 2.45) is 5.92 Å². The average Bonchev–Trinajstić information content (AvgIpc) is 3.26. The van der Waals surface area contributed by atoms with E-state index in [0.717, 1.165) is 44.7 Å². The molecule has 150 valence electrons. The minimum absolute atomic E-state index is 0. The summed E-state index contributed by atoms with van der Waals surface area (Å²) in [5, 5.41) is 15.0. The van der Waals surface area contributed by atoms with E-state index in [4.69, 9.17) is 4.74 Å². The zero-order valence-corrected chi connectivity index (χ0v) is 15.5. The number of rotatable bonds is 4. The SMILES string of the molecule is Cl.FC(F)(F)c1ccc2nnc(CNC3CCCC3C3COCCN3)n2c1. The number of ether oxygens (including phenoxy) is 1. The van der Waals surface area contributed by atoms with Crippen LogP contribution in [0, 0.1) is 5.92 Å². The van der Waals surface area contributed by atoms with Crippen LogP contribution >= 0.6 is 12.4 Å². The molecule has 1 saturated carbocycles. The Balaban J connectivity index is 0.00000210. The summed E-state index contributed by atoms with van der Waals surface area (Å²) in [5.41, 5.74) is -0.284. The fraction of sp³-hybridized carbons (Fsp3) is 0.647. The summed E-state index contributed by atoms with van der Waals surface area (Å²) in [6, 6.07) is 3.01. The molecule has 3 unspecified atom stereocenters. The number of nitrogens with one attached hydrogen (secondary N) is 2. The Bertz CT molecular complexity index is 763. The molecule has 27 heavy (non-hydrogen) atoms. The molecule has 1 aliphatic carbocycles. The van der Waals surface area contributed by atoms with Crippen molar-refractivity contribution < 1.29 is 17.9 Å². The van der Waals surface area contributed by atoms with Crippen LogP contribution in [-0.4, -0.2) is 46.4 Å². The van der Waals surface area contributed by atoms with Gasteiger partial charge in [0, 0.05) is 24.8 Å². The molecule has 0 bridgehead atoms. The number of fused-ring (bicyclic) bond motifs is 1. The molecule has 3 atom stereocenters. The number of alkyl halides is 3. The van der Waals surface area contributed by atoms with Crippen LogP contribution in [0.15, 0.2) is 18.3 Å². The van der Waals surface area contributed by atoms with Crippen LogP contribution in [0.3, 0.4) is 0 Å². The lowest BCUT2D eigenvalue weighted by Crippen LogP contribution is -2.50. The lowest BCUT2D eigenvalue weighted by Gasteiger charge is -2.32. The van der Waals surface area contributed by atoms with Crippen molar-refractivity contribution >= 4 is 18.1 Å². The van der Waals surface area contributed by atoms with Gasteiger partial charge in [0.25, 0.3) is 0 Å². The summed E-state index contributed by atoms with van der Waals surface area (Å²) in [5.74, 6) is 0.949. The molecule has 10 heteroatoms. The Morgan fingerprint density at radius 3 is 2.85 bits per heavy atom. The second kappa shape index (κ2) is 8.30. The minimum Gasteiger partial charge on any atom is -0.379 e. The highest BCUT2D eigenvalue weighted by atomic mass is 35.5. The summed E-state index contributed by atoms with van der Waals surface area (Å²) in [6.45, 7) is 2.71. The van der Waals surface area contributed by atoms with Crippen LogP contribution in [0.2, 0.25) is 0 Å². The van der Waals surface area contributed by atoms with Crippen LogP contribution in [0.4, 0.5) is 13.2 Å². The zero-order valence-electron chi connectivity index (χ0n) is 14.7. The molecule has 2 aliphatic rings. The molecule has 4 rings (SSSR count). The second-order valence-corrected chi connectivity index (χ2v) is 6.98. The van der Waals surface area contributed by atoms with E-state index in [1.807, 2.05) is 0 Å². The fourth-order valence-corrected chi connectivity index (χ4v) is 4.03. The molecule has 6 nitrogen and oxygen atoms in total. The summed E-state index contributed by atoms with van der Waals surface area (Å²) >= 11 is 0. The van der Waals surface area contributed by atoms with Crippen LogP contribution in [-0.2, 0) is 17.5 Å². The first-order chi connectivity index (χ1) is 12.5. The summed E-state index contributed by atoms with van der Waals surface area (Å²) in [4.78, 5) is 0. The van der Waals surface area contributed by atoms with Gasteiger partial charge in [-0.2, -0.15) is 13.2 Å². The number of aromatic nitrogens is 3. The Labute approximate surface area is 161 Å². The van der Waals surface area contributed by atoms with E-state index in [2.05, 4.69) is 20.8 Å². The third kappa shape index (κ3) is 4.37. The standard InChI is InChI=1S/C17H22F3N5O.ClH/c18-17(19,20)11-4-5-15-23-24-16(25(15)9-11)8-22-13-3-1-2-12(13)14-10-26-7-6-21-14;/h4-5,9,12-14,21-22H,1-3,6-8,10H2;1H. The highest BCUT2D eigenvalue weighted by Crippen LogP contribution is 2.31. The van der Waals surface area contributed by atoms with E-state index in [-0.39, 0.29) is 12.4 Å². The van der Waals surface area contributed by atoms with Gasteiger partial charge in [0.15, 0.2) is 11.5 Å². The van der Waals surface area contributed by atoms with Gasteiger partial charge in [-0.3, -0.25) is 4.40 Å². The number of pyridine rings is 1. The molecule has 1 aliphatic heterocycles. The van der Waals surface area contributed by atoms with Gasteiger partial charge in [0.1, 0.15) is 0 Å². The smallest absolute Gasteiger partial charge is 0.379 e. The van der Waals surface area contributed by atoms with E-state index >= 15 is 0 Å². The zero-order chi connectivity index (χ0) is 18.1. The highest BCUT2D eigenvalue weighted by molar-refractivity contribution is 5.85. The maximum absolute atomic E-state index is 13.0. The van der Waals surface area contributed by atoms with Gasteiger partial charge in [0.2, 0.25) is 0 Å². The molecule has 1 saturated heterocycles. The van der Waals surface area contributed by atoms with Crippen LogP contribution < -0.4 is 10.6 Å². The maximum Gasteiger partial charge on any atom is 0.417 e. The fourth-order valence-electron chi connectivity index (χ4n) is 4.03. The van der Waals surface area contributed by atoms with Crippen molar-refractivity contribution in [3.63, 3.8) is 0 Å². The van der Waals surface area contributed by atoms with Gasteiger partial charge in [-0.1, -0.05) is 6.42 Å². The van der Waals surface area contributed by atoms with Crippen molar-refractivity contribution in [1.82, 2.24) is 25.2 Å². The average molecular weight is 406 g/mol. The lowest BCUT2D eigenvalue weighted by molar-refractivity contribution is -0.137. The van der Waals surface area contributed by atoms with Crippen LogP contribution in [0.1, 0.15) is 30.7 Å². The first kappa shape index (κ1) is 20.3. The molecule has 0 radical (unpaired) electrons. The van der Waals surface area contributed by atoms with Gasteiger partial charge < -0.3 is 15.4 Å². The highest BCUT2D eigenvalue weighted by Gasteiger charge is 2.35. The minimum atomic E-state index is -4.38. The molecule has 2 aromatic rings. The molecule has 2 aromatic heterocycles. The van der Waals surface area contributed by atoms with Crippen molar-refractivity contribution in [2.75, 3.05) is 19.8 Å². The molecule has 2 fully saturated rings. The molecule has 0 spiro atoms. The number of morpholine rings is 1. The van der Waals surface area contributed by atoms with Crippen LogP contribution in [0.5, 0.6) is 0 Å². The van der Waals surface area contributed by atoms with Gasteiger partial charge in [-0.25, -0.2) is 0 Å². The molecular formula is C17H23ClF3N5O.